The highest BCUT2D eigenvalue weighted by atomic mass is 35.5. The molecule has 0 saturated carbocycles. The number of fused-ring (bicyclic) bond motifs is 3. The summed E-state index contributed by atoms with van der Waals surface area (Å²) in [5.74, 6) is 0.110. The molecule has 170 valence electrons. The maximum atomic E-state index is 12.3. The summed E-state index contributed by atoms with van der Waals surface area (Å²) in [6, 6.07) is 13.4. The van der Waals surface area contributed by atoms with E-state index in [0.29, 0.717) is 52.9 Å². The number of halogens is 1. The topological polar surface area (TPSA) is 93.5 Å². The van der Waals surface area contributed by atoms with Gasteiger partial charge in [0.1, 0.15) is 5.75 Å². The molecule has 2 aromatic heterocycles. The molecule has 0 bridgehead atoms. The molecule has 0 atom stereocenters. The molecule has 33 heavy (non-hydrogen) atoms. The van der Waals surface area contributed by atoms with Crippen molar-refractivity contribution in [1.82, 2.24) is 9.97 Å². The van der Waals surface area contributed by atoms with Gasteiger partial charge in [-0.1, -0.05) is 18.5 Å². The molecule has 8 heteroatoms. The van der Waals surface area contributed by atoms with Crippen molar-refractivity contribution < 1.29 is 14.3 Å². The van der Waals surface area contributed by atoms with Gasteiger partial charge in [-0.05, 0) is 48.9 Å². The maximum absolute atomic E-state index is 12.3. The SMILES string of the molecule is CCCOc1ccc(-c2cc(C(N)=O)c3[nH]c4cc(N5CCOCC5)ccc4c3n2)cc1Cl. The normalized spacial score (nSPS) is 14.2. The number of pyridine rings is 1. The van der Waals surface area contributed by atoms with Crippen LogP contribution in [0.1, 0.15) is 23.7 Å². The van der Waals surface area contributed by atoms with Crippen molar-refractivity contribution >= 4 is 45.1 Å². The van der Waals surface area contributed by atoms with E-state index in [2.05, 4.69) is 22.0 Å². The summed E-state index contributed by atoms with van der Waals surface area (Å²) in [7, 11) is 0. The summed E-state index contributed by atoms with van der Waals surface area (Å²) in [5.41, 5.74) is 10.9. The number of carbonyl (C=O) groups is 1. The van der Waals surface area contributed by atoms with Crippen molar-refractivity contribution in [2.45, 2.75) is 13.3 Å². The Morgan fingerprint density at radius 2 is 2.03 bits per heavy atom. The van der Waals surface area contributed by atoms with Crippen LogP contribution in [0.15, 0.2) is 42.5 Å². The Labute approximate surface area is 196 Å². The van der Waals surface area contributed by atoms with Crippen LogP contribution in [-0.4, -0.2) is 48.8 Å². The number of morpholine rings is 1. The van der Waals surface area contributed by atoms with Crippen LogP contribution < -0.4 is 15.4 Å². The van der Waals surface area contributed by atoms with Gasteiger partial charge in [0.05, 0.1) is 52.7 Å². The molecule has 5 rings (SSSR count). The van der Waals surface area contributed by atoms with Crippen LogP contribution in [-0.2, 0) is 4.74 Å². The Morgan fingerprint density at radius 1 is 1.21 bits per heavy atom. The van der Waals surface area contributed by atoms with Crippen LogP contribution in [0.3, 0.4) is 0 Å². The van der Waals surface area contributed by atoms with Crippen molar-refractivity contribution in [3.05, 3.63) is 53.1 Å². The minimum Gasteiger partial charge on any atom is -0.492 e. The second-order valence-corrected chi connectivity index (χ2v) is 8.50. The maximum Gasteiger partial charge on any atom is 0.250 e. The van der Waals surface area contributed by atoms with E-state index in [9.17, 15) is 4.79 Å². The number of amides is 1. The first-order chi connectivity index (χ1) is 16.0. The van der Waals surface area contributed by atoms with E-state index >= 15 is 0 Å². The van der Waals surface area contributed by atoms with Gasteiger partial charge in [0.2, 0.25) is 0 Å². The highest BCUT2D eigenvalue weighted by molar-refractivity contribution is 6.32. The molecule has 4 aromatic rings. The van der Waals surface area contributed by atoms with Gasteiger partial charge in [-0.2, -0.15) is 0 Å². The fraction of sp³-hybridized carbons (Fsp3) is 0.280. The first-order valence-electron chi connectivity index (χ1n) is 11.1. The number of nitrogens with one attached hydrogen (secondary N) is 1. The highest BCUT2D eigenvalue weighted by Gasteiger charge is 2.18. The zero-order valence-corrected chi connectivity index (χ0v) is 19.1. The molecular formula is C25H25ClN4O3. The minimum absolute atomic E-state index is 0.390. The third-order valence-corrected chi connectivity index (χ3v) is 6.16. The van der Waals surface area contributed by atoms with Crippen LogP contribution in [0.5, 0.6) is 5.75 Å². The molecule has 0 unspecified atom stereocenters. The van der Waals surface area contributed by atoms with E-state index in [1.807, 2.05) is 25.1 Å². The number of benzene rings is 2. The number of rotatable bonds is 6. The van der Waals surface area contributed by atoms with Crippen molar-refractivity contribution in [3.8, 4) is 17.0 Å². The molecule has 3 heterocycles. The highest BCUT2D eigenvalue weighted by Crippen LogP contribution is 2.34. The lowest BCUT2D eigenvalue weighted by atomic mass is 10.1. The monoisotopic (exact) mass is 464 g/mol. The number of aromatic nitrogens is 2. The molecule has 1 amide bonds. The van der Waals surface area contributed by atoms with E-state index in [-0.39, 0.29) is 0 Å². The Morgan fingerprint density at radius 3 is 2.76 bits per heavy atom. The molecule has 0 aliphatic carbocycles. The van der Waals surface area contributed by atoms with Gasteiger partial charge >= 0.3 is 0 Å². The average Bonchev–Trinajstić information content (AvgIpc) is 3.21. The lowest BCUT2D eigenvalue weighted by Gasteiger charge is -2.28. The Bertz CT molecular complexity index is 1340. The minimum atomic E-state index is -0.516. The van der Waals surface area contributed by atoms with Crippen molar-refractivity contribution in [2.24, 2.45) is 5.73 Å². The Kier molecular flexibility index (Phi) is 5.83. The van der Waals surface area contributed by atoms with E-state index in [1.165, 1.54) is 0 Å². The molecule has 1 fully saturated rings. The number of hydrogen-bond acceptors (Lipinski definition) is 5. The molecule has 7 nitrogen and oxygen atoms in total. The first-order valence-corrected chi connectivity index (χ1v) is 11.4. The van der Waals surface area contributed by atoms with Gasteiger partial charge < -0.3 is 25.1 Å². The van der Waals surface area contributed by atoms with E-state index in [4.69, 9.17) is 31.8 Å². The summed E-state index contributed by atoms with van der Waals surface area (Å²) < 4.78 is 11.1. The number of nitrogens with two attached hydrogens (primary N) is 1. The van der Waals surface area contributed by atoms with Crippen molar-refractivity contribution in [1.29, 1.82) is 0 Å². The van der Waals surface area contributed by atoms with Crippen molar-refractivity contribution in [3.63, 3.8) is 0 Å². The smallest absolute Gasteiger partial charge is 0.250 e. The summed E-state index contributed by atoms with van der Waals surface area (Å²) in [4.78, 5) is 22.9. The molecular weight excluding hydrogens is 440 g/mol. The molecule has 0 radical (unpaired) electrons. The van der Waals surface area contributed by atoms with E-state index < -0.39 is 5.91 Å². The number of aromatic amines is 1. The summed E-state index contributed by atoms with van der Waals surface area (Å²) >= 11 is 6.44. The summed E-state index contributed by atoms with van der Waals surface area (Å²) in [5, 5.41) is 1.43. The first kappa shape index (κ1) is 21.6. The summed E-state index contributed by atoms with van der Waals surface area (Å²) in [6.07, 6.45) is 0.895. The van der Waals surface area contributed by atoms with Gasteiger partial charge in [-0.15, -0.1) is 0 Å². The number of ether oxygens (including phenoxy) is 2. The predicted molar refractivity (Wildman–Crippen MR) is 131 cm³/mol. The Balaban J connectivity index is 1.61. The fourth-order valence-corrected chi connectivity index (χ4v) is 4.43. The fourth-order valence-electron chi connectivity index (χ4n) is 4.19. The third-order valence-electron chi connectivity index (χ3n) is 5.87. The van der Waals surface area contributed by atoms with Gasteiger partial charge in [-0.3, -0.25) is 4.79 Å². The standard InChI is InChI=1S/C25H25ClN4O3/c1-2-9-33-22-6-3-15(12-19(22)26)20-14-18(25(27)31)24-23(28-20)17-5-4-16(13-21(17)29-24)30-7-10-32-11-8-30/h3-6,12-14,29H,2,7-11H2,1H3,(H2,27,31). The number of anilines is 1. The van der Waals surface area contributed by atoms with Crippen LogP contribution in [0.4, 0.5) is 5.69 Å². The quantitative estimate of drug-likeness (QED) is 0.429. The number of nitrogens with zero attached hydrogens (tertiary/aromatic N) is 2. The van der Waals surface area contributed by atoms with Gasteiger partial charge in [0.15, 0.2) is 0 Å². The number of primary amides is 1. The molecule has 0 spiro atoms. The van der Waals surface area contributed by atoms with Gasteiger partial charge in [0.25, 0.3) is 5.91 Å². The van der Waals surface area contributed by atoms with Crippen LogP contribution in [0.2, 0.25) is 5.02 Å². The summed E-state index contributed by atoms with van der Waals surface area (Å²) in [6.45, 7) is 5.76. The van der Waals surface area contributed by atoms with Gasteiger partial charge in [-0.25, -0.2) is 4.98 Å². The lowest BCUT2D eigenvalue weighted by Crippen LogP contribution is -2.36. The molecule has 1 saturated heterocycles. The van der Waals surface area contributed by atoms with E-state index in [0.717, 1.165) is 41.7 Å². The third kappa shape index (κ3) is 4.10. The second-order valence-electron chi connectivity index (χ2n) is 8.09. The largest absolute Gasteiger partial charge is 0.492 e. The van der Waals surface area contributed by atoms with Gasteiger partial charge in [0, 0.05) is 29.7 Å². The van der Waals surface area contributed by atoms with Crippen molar-refractivity contribution in [2.75, 3.05) is 37.8 Å². The molecule has 1 aliphatic heterocycles. The molecule has 2 aromatic carbocycles. The molecule has 3 N–H and O–H groups in total. The zero-order valence-electron chi connectivity index (χ0n) is 18.4. The Hall–Kier alpha value is -3.29. The van der Waals surface area contributed by atoms with Crippen LogP contribution in [0.25, 0.3) is 33.2 Å². The average molecular weight is 465 g/mol. The molecule has 1 aliphatic rings. The van der Waals surface area contributed by atoms with E-state index in [1.54, 1.807) is 12.1 Å². The zero-order chi connectivity index (χ0) is 22.9. The lowest BCUT2D eigenvalue weighted by molar-refractivity contribution is 0.100. The van der Waals surface area contributed by atoms with Crippen LogP contribution in [0, 0.1) is 0 Å². The second kappa shape index (κ2) is 8.92. The number of carbonyl (C=O) groups excluding carboxylic acids is 1. The number of H-pyrrole nitrogens is 1. The number of hydrogen-bond donors (Lipinski definition) is 2. The predicted octanol–water partition coefficient (Wildman–Crippen LogP) is 4.76. The van der Waals surface area contributed by atoms with Crippen LogP contribution >= 0.6 is 11.6 Å².